The van der Waals surface area contributed by atoms with Gasteiger partial charge in [0.2, 0.25) is 0 Å². The molecule has 3 aromatic rings. The molecule has 0 aliphatic carbocycles. The molecule has 1 aliphatic heterocycles. The van der Waals surface area contributed by atoms with Crippen molar-refractivity contribution in [1.82, 2.24) is 4.90 Å². The van der Waals surface area contributed by atoms with E-state index in [0.717, 1.165) is 41.9 Å². The first kappa shape index (κ1) is 21.2. The molecule has 0 unspecified atom stereocenters. The molecule has 4 rings (SSSR count). The average Bonchev–Trinajstić information content (AvgIpc) is 3.12. The van der Waals surface area contributed by atoms with E-state index in [1.165, 1.54) is 12.1 Å². The van der Waals surface area contributed by atoms with Crippen LogP contribution < -0.4 is 10.5 Å². The summed E-state index contributed by atoms with van der Waals surface area (Å²) in [6.07, 6.45) is 2.12. The highest BCUT2D eigenvalue weighted by atomic mass is 16.4. The summed E-state index contributed by atoms with van der Waals surface area (Å²) in [5.74, 6) is -2.04. The standard InChI is InChI=1S/C25H22N2O5/c1-4-26(5-2)18-10-11-19-15(3)23(25(31)32-20(19)14-18)16-6-8-17(9-7-16)24(30)27-21(28)12-13-22(27)29/h6-14H,4-5H2,1-3H3. The molecule has 7 nitrogen and oxygen atoms in total. The van der Waals surface area contributed by atoms with Crippen LogP contribution in [0.5, 0.6) is 0 Å². The van der Waals surface area contributed by atoms with Crippen molar-refractivity contribution in [1.29, 1.82) is 0 Å². The molecule has 32 heavy (non-hydrogen) atoms. The van der Waals surface area contributed by atoms with Gasteiger partial charge in [-0.2, -0.15) is 0 Å². The lowest BCUT2D eigenvalue weighted by molar-refractivity contribution is -0.133. The summed E-state index contributed by atoms with van der Waals surface area (Å²) in [4.78, 5) is 51.6. The van der Waals surface area contributed by atoms with Crippen LogP contribution in [-0.4, -0.2) is 35.7 Å². The summed E-state index contributed by atoms with van der Waals surface area (Å²) in [7, 11) is 0. The molecular weight excluding hydrogens is 408 g/mol. The van der Waals surface area contributed by atoms with Gasteiger partial charge in [0.25, 0.3) is 17.7 Å². The van der Waals surface area contributed by atoms with Crippen LogP contribution in [0.2, 0.25) is 0 Å². The second kappa shape index (κ2) is 8.26. The minimum Gasteiger partial charge on any atom is -0.422 e. The maximum atomic E-state index is 12.8. The van der Waals surface area contributed by atoms with Crippen molar-refractivity contribution in [2.45, 2.75) is 20.8 Å². The minimum atomic E-state index is -0.706. The number of carbonyl (C=O) groups is 3. The number of amides is 3. The fourth-order valence-electron chi connectivity index (χ4n) is 3.97. The average molecular weight is 430 g/mol. The molecule has 0 radical (unpaired) electrons. The summed E-state index contributed by atoms with van der Waals surface area (Å²) >= 11 is 0. The lowest BCUT2D eigenvalue weighted by atomic mass is 9.98. The van der Waals surface area contributed by atoms with E-state index >= 15 is 0 Å². The van der Waals surface area contributed by atoms with E-state index in [9.17, 15) is 19.2 Å². The van der Waals surface area contributed by atoms with Crippen LogP contribution in [0.25, 0.3) is 22.1 Å². The first-order chi connectivity index (χ1) is 15.3. The van der Waals surface area contributed by atoms with E-state index in [0.29, 0.717) is 21.6 Å². The van der Waals surface area contributed by atoms with Crippen LogP contribution in [0.1, 0.15) is 29.8 Å². The second-order valence-corrected chi connectivity index (χ2v) is 7.47. The quantitative estimate of drug-likeness (QED) is 0.453. The van der Waals surface area contributed by atoms with Crippen LogP contribution in [0.15, 0.2) is 63.8 Å². The molecule has 162 valence electrons. The zero-order valence-corrected chi connectivity index (χ0v) is 18.0. The van der Waals surface area contributed by atoms with Crippen molar-refractivity contribution in [3.8, 4) is 11.1 Å². The second-order valence-electron chi connectivity index (χ2n) is 7.47. The Morgan fingerprint density at radius 3 is 2.16 bits per heavy atom. The van der Waals surface area contributed by atoms with Gasteiger partial charge in [-0.3, -0.25) is 14.4 Å². The number of rotatable bonds is 5. The molecule has 0 saturated heterocycles. The van der Waals surface area contributed by atoms with Gasteiger partial charge >= 0.3 is 5.63 Å². The first-order valence-electron chi connectivity index (χ1n) is 10.4. The predicted octanol–water partition coefficient (Wildman–Crippen LogP) is 3.68. The Labute approximate surface area is 184 Å². The van der Waals surface area contributed by atoms with E-state index in [-0.39, 0.29) is 5.56 Å². The number of aryl methyl sites for hydroxylation is 1. The van der Waals surface area contributed by atoms with Gasteiger partial charge in [-0.15, -0.1) is 0 Å². The normalized spacial score (nSPS) is 13.3. The Bertz CT molecular complexity index is 1310. The number of benzene rings is 2. The van der Waals surface area contributed by atoms with Gasteiger partial charge in [0, 0.05) is 47.9 Å². The molecule has 0 bridgehead atoms. The van der Waals surface area contributed by atoms with Gasteiger partial charge in [-0.25, -0.2) is 9.69 Å². The van der Waals surface area contributed by atoms with Crippen LogP contribution in [0, 0.1) is 6.92 Å². The molecule has 0 N–H and O–H groups in total. The van der Waals surface area contributed by atoms with Gasteiger partial charge < -0.3 is 9.32 Å². The summed E-state index contributed by atoms with van der Waals surface area (Å²) in [5, 5.41) is 0.829. The Morgan fingerprint density at radius 2 is 1.56 bits per heavy atom. The molecule has 2 heterocycles. The van der Waals surface area contributed by atoms with Gasteiger partial charge in [0.1, 0.15) is 5.58 Å². The largest absolute Gasteiger partial charge is 0.422 e. The van der Waals surface area contributed by atoms with Crippen LogP contribution in [0.4, 0.5) is 5.69 Å². The number of fused-ring (bicyclic) bond motifs is 1. The topological polar surface area (TPSA) is 87.9 Å². The molecule has 7 heteroatoms. The lowest BCUT2D eigenvalue weighted by Gasteiger charge is -2.21. The zero-order chi connectivity index (χ0) is 23.0. The molecule has 0 saturated carbocycles. The molecule has 1 aromatic heterocycles. The third kappa shape index (κ3) is 3.51. The number of hydrogen-bond acceptors (Lipinski definition) is 6. The van der Waals surface area contributed by atoms with Crippen molar-refractivity contribution in [3.05, 3.63) is 76.2 Å². The fraction of sp³-hybridized carbons (Fsp3) is 0.200. The smallest absolute Gasteiger partial charge is 0.344 e. The summed E-state index contributed by atoms with van der Waals surface area (Å²) in [6, 6.07) is 12.0. The van der Waals surface area contributed by atoms with Crippen LogP contribution in [-0.2, 0) is 9.59 Å². The Balaban J connectivity index is 1.71. The van der Waals surface area contributed by atoms with E-state index in [2.05, 4.69) is 18.7 Å². The molecule has 2 aromatic carbocycles. The highest BCUT2D eigenvalue weighted by Crippen LogP contribution is 2.29. The van der Waals surface area contributed by atoms with Crippen LogP contribution >= 0.6 is 0 Å². The van der Waals surface area contributed by atoms with Gasteiger partial charge in [-0.1, -0.05) is 12.1 Å². The summed E-state index contributed by atoms with van der Waals surface area (Å²) < 4.78 is 5.64. The number of carbonyl (C=O) groups excluding carboxylic acids is 3. The minimum absolute atomic E-state index is 0.172. The molecule has 0 fully saturated rings. The van der Waals surface area contributed by atoms with E-state index in [1.54, 1.807) is 12.1 Å². The van der Waals surface area contributed by atoms with Crippen molar-refractivity contribution >= 4 is 34.4 Å². The Kier molecular flexibility index (Phi) is 5.48. The number of nitrogens with zero attached hydrogens (tertiary/aromatic N) is 2. The lowest BCUT2D eigenvalue weighted by Crippen LogP contribution is -2.36. The van der Waals surface area contributed by atoms with Gasteiger partial charge in [0.15, 0.2) is 0 Å². The van der Waals surface area contributed by atoms with Crippen molar-refractivity contribution < 1.29 is 18.8 Å². The zero-order valence-electron chi connectivity index (χ0n) is 18.0. The van der Waals surface area contributed by atoms with Gasteiger partial charge in [-0.05, 0) is 56.2 Å². The molecule has 0 atom stereocenters. The third-order valence-electron chi connectivity index (χ3n) is 5.71. The SMILES string of the molecule is CCN(CC)c1ccc2c(C)c(-c3ccc(C(=O)N4C(=O)C=CC4=O)cc3)c(=O)oc2c1. The third-order valence-corrected chi connectivity index (χ3v) is 5.71. The predicted molar refractivity (Wildman–Crippen MR) is 122 cm³/mol. The number of hydrogen-bond donors (Lipinski definition) is 0. The van der Waals surface area contributed by atoms with Crippen molar-refractivity contribution in [3.63, 3.8) is 0 Å². The maximum Gasteiger partial charge on any atom is 0.344 e. The molecule has 0 spiro atoms. The maximum absolute atomic E-state index is 12.8. The molecular formula is C25H22N2O5. The highest BCUT2D eigenvalue weighted by molar-refractivity contribution is 6.25. The molecule has 3 amide bonds. The molecule has 1 aliphatic rings. The highest BCUT2D eigenvalue weighted by Gasteiger charge is 2.30. The Morgan fingerprint density at radius 1 is 0.938 bits per heavy atom. The van der Waals surface area contributed by atoms with E-state index in [4.69, 9.17) is 4.42 Å². The number of imide groups is 3. The monoisotopic (exact) mass is 430 g/mol. The van der Waals surface area contributed by atoms with Gasteiger partial charge in [0.05, 0.1) is 5.56 Å². The fourth-order valence-corrected chi connectivity index (χ4v) is 3.97. The van der Waals surface area contributed by atoms with Crippen LogP contribution in [0.3, 0.4) is 0 Å². The Hall–Kier alpha value is -4.00. The summed E-state index contributed by atoms with van der Waals surface area (Å²) in [6.45, 7) is 7.69. The van der Waals surface area contributed by atoms with Crippen molar-refractivity contribution in [2.24, 2.45) is 0 Å². The van der Waals surface area contributed by atoms with E-state index in [1.807, 2.05) is 25.1 Å². The summed E-state index contributed by atoms with van der Waals surface area (Å²) in [5.41, 5.74) is 2.97. The van der Waals surface area contributed by atoms with E-state index < -0.39 is 23.3 Å². The number of anilines is 1. The first-order valence-corrected chi connectivity index (χ1v) is 10.4. The van der Waals surface area contributed by atoms with Crippen molar-refractivity contribution in [2.75, 3.05) is 18.0 Å².